The minimum absolute atomic E-state index is 0.0840. The summed E-state index contributed by atoms with van der Waals surface area (Å²) in [5.41, 5.74) is 1.55. The van der Waals surface area contributed by atoms with Gasteiger partial charge < -0.3 is 5.32 Å². The van der Waals surface area contributed by atoms with Crippen molar-refractivity contribution in [1.82, 2.24) is 14.9 Å². The second-order valence-electron chi connectivity index (χ2n) is 6.10. The molecule has 3 rings (SSSR count). The molecule has 6 heteroatoms. The molecule has 1 N–H and O–H groups in total. The second-order valence-corrected chi connectivity index (χ2v) is 7.05. The fourth-order valence-corrected chi connectivity index (χ4v) is 3.61. The molecule has 0 saturated heterocycles. The number of rotatable bonds is 7. The molecule has 1 atom stereocenters. The van der Waals surface area contributed by atoms with Crippen LogP contribution in [0.1, 0.15) is 18.5 Å². The molecular weight excluding hydrogens is 358 g/mol. The highest BCUT2D eigenvalue weighted by Crippen LogP contribution is 2.18. The molecule has 0 aliphatic heterocycles. The van der Waals surface area contributed by atoms with E-state index in [1.54, 1.807) is 22.8 Å². The second kappa shape index (κ2) is 8.68. The number of nitrogens with one attached hydrogen (secondary N) is 1. The summed E-state index contributed by atoms with van der Waals surface area (Å²) in [6.45, 7) is 6.00. The molecule has 1 aromatic heterocycles. The summed E-state index contributed by atoms with van der Waals surface area (Å²) in [5.74, 6) is 0.0722. The van der Waals surface area contributed by atoms with Crippen molar-refractivity contribution in [2.75, 3.05) is 5.75 Å². The zero-order valence-corrected chi connectivity index (χ0v) is 15.9. The Morgan fingerprint density at radius 2 is 1.93 bits per heavy atom. The van der Waals surface area contributed by atoms with Crippen molar-refractivity contribution >= 4 is 28.6 Å². The van der Waals surface area contributed by atoms with Crippen LogP contribution < -0.4 is 10.9 Å². The topological polar surface area (TPSA) is 64.0 Å². The molecule has 0 aliphatic carbocycles. The van der Waals surface area contributed by atoms with Gasteiger partial charge in [0.2, 0.25) is 5.91 Å². The predicted octanol–water partition coefficient (Wildman–Crippen LogP) is 3.55. The van der Waals surface area contributed by atoms with Gasteiger partial charge in [0.15, 0.2) is 5.16 Å². The monoisotopic (exact) mass is 379 g/mol. The third-order valence-corrected chi connectivity index (χ3v) is 5.12. The van der Waals surface area contributed by atoms with E-state index in [-0.39, 0.29) is 23.3 Å². The first kappa shape index (κ1) is 18.9. The lowest BCUT2D eigenvalue weighted by Gasteiger charge is -2.15. The van der Waals surface area contributed by atoms with Crippen molar-refractivity contribution in [3.8, 4) is 0 Å². The lowest BCUT2D eigenvalue weighted by Crippen LogP contribution is -2.29. The number of carbonyl (C=O) groups is 1. The Balaban J connectivity index is 1.76. The van der Waals surface area contributed by atoms with Gasteiger partial charge in [-0.25, -0.2) is 4.98 Å². The van der Waals surface area contributed by atoms with Gasteiger partial charge in [-0.15, -0.1) is 6.58 Å². The van der Waals surface area contributed by atoms with Crippen molar-refractivity contribution in [2.45, 2.75) is 24.7 Å². The van der Waals surface area contributed by atoms with Crippen molar-refractivity contribution in [2.24, 2.45) is 0 Å². The van der Waals surface area contributed by atoms with Gasteiger partial charge in [0.05, 0.1) is 22.7 Å². The van der Waals surface area contributed by atoms with Crippen LogP contribution in [-0.4, -0.2) is 21.2 Å². The molecule has 3 aromatic rings. The van der Waals surface area contributed by atoms with Crippen LogP contribution in [0.15, 0.2) is 77.2 Å². The van der Waals surface area contributed by atoms with Crippen LogP contribution >= 0.6 is 11.8 Å². The number of allylic oxidation sites excluding steroid dienone is 1. The van der Waals surface area contributed by atoms with Gasteiger partial charge >= 0.3 is 0 Å². The summed E-state index contributed by atoms with van der Waals surface area (Å²) >= 11 is 1.25. The Morgan fingerprint density at radius 1 is 1.22 bits per heavy atom. The Morgan fingerprint density at radius 3 is 2.67 bits per heavy atom. The van der Waals surface area contributed by atoms with Crippen LogP contribution in [0.4, 0.5) is 0 Å². The first-order valence-corrected chi connectivity index (χ1v) is 9.66. The maximum absolute atomic E-state index is 12.7. The SMILES string of the molecule is C=CCn1c(SCC(=O)NC(C)c2ccccc2)nc2ccccc2c1=O. The fourth-order valence-electron chi connectivity index (χ4n) is 2.79. The molecule has 0 bridgehead atoms. The van der Waals surface area contributed by atoms with E-state index >= 15 is 0 Å². The Labute approximate surface area is 162 Å². The van der Waals surface area contributed by atoms with Crippen LogP contribution in [0.5, 0.6) is 0 Å². The minimum atomic E-state index is -0.124. The molecule has 138 valence electrons. The van der Waals surface area contributed by atoms with Crippen LogP contribution in [0, 0.1) is 0 Å². The van der Waals surface area contributed by atoms with Gasteiger partial charge in [-0.3, -0.25) is 14.2 Å². The van der Waals surface area contributed by atoms with E-state index in [2.05, 4.69) is 16.9 Å². The van der Waals surface area contributed by atoms with Crippen molar-refractivity contribution in [3.63, 3.8) is 0 Å². The van der Waals surface area contributed by atoms with E-state index in [9.17, 15) is 9.59 Å². The summed E-state index contributed by atoms with van der Waals surface area (Å²) in [6, 6.07) is 16.9. The largest absolute Gasteiger partial charge is 0.349 e. The van der Waals surface area contributed by atoms with Gasteiger partial charge in [-0.05, 0) is 24.6 Å². The van der Waals surface area contributed by atoms with Crippen molar-refractivity contribution < 1.29 is 4.79 Å². The van der Waals surface area contributed by atoms with E-state index < -0.39 is 0 Å². The van der Waals surface area contributed by atoms with Gasteiger partial charge in [0, 0.05) is 6.54 Å². The summed E-state index contributed by atoms with van der Waals surface area (Å²) in [4.78, 5) is 29.6. The van der Waals surface area contributed by atoms with Gasteiger partial charge in [0.1, 0.15) is 0 Å². The smallest absolute Gasteiger partial charge is 0.262 e. The molecule has 0 spiro atoms. The highest BCUT2D eigenvalue weighted by atomic mass is 32.2. The molecule has 5 nitrogen and oxygen atoms in total. The fraction of sp³-hybridized carbons (Fsp3) is 0.190. The molecule has 0 aliphatic rings. The van der Waals surface area contributed by atoms with Crippen LogP contribution in [0.25, 0.3) is 10.9 Å². The number of aromatic nitrogens is 2. The number of fused-ring (bicyclic) bond motifs is 1. The van der Waals surface area contributed by atoms with E-state index in [0.717, 1.165) is 5.56 Å². The Bertz CT molecular complexity index is 1010. The summed E-state index contributed by atoms with van der Waals surface area (Å²) < 4.78 is 1.55. The van der Waals surface area contributed by atoms with Crippen molar-refractivity contribution in [3.05, 3.63) is 83.2 Å². The maximum Gasteiger partial charge on any atom is 0.262 e. The zero-order chi connectivity index (χ0) is 19.2. The van der Waals surface area contributed by atoms with E-state index in [1.165, 1.54) is 11.8 Å². The molecule has 1 unspecified atom stereocenters. The lowest BCUT2D eigenvalue weighted by atomic mass is 10.1. The van der Waals surface area contributed by atoms with Gasteiger partial charge in [-0.1, -0.05) is 60.3 Å². The molecule has 1 amide bonds. The third kappa shape index (κ3) is 4.46. The number of para-hydroxylation sites is 1. The highest BCUT2D eigenvalue weighted by Gasteiger charge is 2.14. The number of amides is 1. The molecule has 2 aromatic carbocycles. The van der Waals surface area contributed by atoms with Crippen LogP contribution in [-0.2, 0) is 11.3 Å². The number of hydrogen-bond donors (Lipinski definition) is 1. The van der Waals surface area contributed by atoms with Gasteiger partial charge in [0.25, 0.3) is 5.56 Å². The average Bonchev–Trinajstić information content (AvgIpc) is 2.69. The number of thioether (sulfide) groups is 1. The number of nitrogens with zero attached hydrogens (tertiary/aromatic N) is 2. The van der Waals surface area contributed by atoms with E-state index in [0.29, 0.717) is 22.6 Å². The molecular formula is C21H21N3O2S. The predicted molar refractivity (Wildman–Crippen MR) is 110 cm³/mol. The minimum Gasteiger partial charge on any atom is -0.349 e. The first-order valence-electron chi connectivity index (χ1n) is 8.67. The van der Waals surface area contributed by atoms with Gasteiger partial charge in [-0.2, -0.15) is 0 Å². The average molecular weight is 379 g/mol. The first-order chi connectivity index (χ1) is 13.1. The maximum atomic E-state index is 12.7. The number of carbonyl (C=O) groups excluding carboxylic acids is 1. The number of hydrogen-bond acceptors (Lipinski definition) is 4. The zero-order valence-electron chi connectivity index (χ0n) is 15.1. The summed E-state index contributed by atoms with van der Waals surface area (Å²) in [7, 11) is 0. The summed E-state index contributed by atoms with van der Waals surface area (Å²) in [5, 5.41) is 4.05. The Kier molecular flexibility index (Phi) is 6.08. The Hall–Kier alpha value is -2.86. The molecule has 0 saturated carbocycles. The standard InChI is InChI=1S/C21H21N3O2S/c1-3-13-24-20(26)17-11-7-8-12-18(17)23-21(24)27-14-19(25)22-15(2)16-9-5-4-6-10-16/h3-12,15H,1,13-14H2,2H3,(H,22,25). The highest BCUT2D eigenvalue weighted by molar-refractivity contribution is 7.99. The van der Waals surface area contributed by atoms with Crippen LogP contribution in [0.3, 0.4) is 0 Å². The normalized spacial score (nSPS) is 11.9. The molecule has 1 heterocycles. The molecule has 27 heavy (non-hydrogen) atoms. The quantitative estimate of drug-likeness (QED) is 0.387. The van der Waals surface area contributed by atoms with Crippen LogP contribution in [0.2, 0.25) is 0 Å². The lowest BCUT2D eigenvalue weighted by molar-refractivity contribution is -0.119. The van der Waals surface area contributed by atoms with E-state index in [1.807, 2.05) is 49.4 Å². The third-order valence-electron chi connectivity index (χ3n) is 4.15. The van der Waals surface area contributed by atoms with Crippen molar-refractivity contribution in [1.29, 1.82) is 0 Å². The number of benzene rings is 2. The molecule has 0 radical (unpaired) electrons. The summed E-state index contributed by atoms with van der Waals surface area (Å²) in [6.07, 6.45) is 1.65. The molecule has 0 fully saturated rings. The van der Waals surface area contributed by atoms with E-state index in [4.69, 9.17) is 0 Å².